The molecule has 3 atom stereocenters. The van der Waals surface area contributed by atoms with E-state index in [1.807, 2.05) is 0 Å². The molecule has 1 amide bonds. The number of nitrogens with one attached hydrogen (secondary N) is 1. The number of fused-ring (bicyclic) bond motifs is 2. The third kappa shape index (κ3) is 3.38. The Bertz CT molecular complexity index is 583. The van der Waals surface area contributed by atoms with Crippen LogP contribution in [0.5, 0.6) is 0 Å². The van der Waals surface area contributed by atoms with E-state index in [9.17, 15) is 18.0 Å². The predicted octanol–water partition coefficient (Wildman–Crippen LogP) is 0.669. The first-order chi connectivity index (χ1) is 10.9. The molecule has 0 aromatic rings. The van der Waals surface area contributed by atoms with Crippen LogP contribution >= 0.6 is 0 Å². The van der Waals surface area contributed by atoms with Gasteiger partial charge in [-0.15, -0.1) is 0 Å². The van der Waals surface area contributed by atoms with Crippen LogP contribution in [0.4, 0.5) is 0 Å². The van der Waals surface area contributed by atoms with Crippen molar-refractivity contribution >= 4 is 22.1 Å². The third-order valence-corrected chi connectivity index (χ3v) is 7.14. The van der Waals surface area contributed by atoms with E-state index in [-0.39, 0.29) is 36.8 Å². The molecule has 3 aliphatic rings. The molecule has 0 aromatic heterocycles. The monoisotopic (exact) mass is 344 g/mol. The Morgan fingerprint density at radius 2 is 1.78 bits per heavy atom. The normalized spacial score (nSPS) is 32.0. The van der Waals surface area contributed by atoms with Gasteiger partial charge in [0.25, 0.3) is 0 Å². The van der Waals surface area contributed by atoms with Gasteiger partial charge in [-0.25, -0.2) is 4.72 Å². The molecule has 1 aliphatic heterocycles. The molecule has 1 heterocycles. The van der Waals surface area contributed by atoms with Crippen LogP contribution in [0, 0.1) is 23.7 Å². The van der Waals surface area contributed by atoms with Crippen molar-refractivity contribution in [2.75, 3.05) is 20.2 Å². The zero-order chi connectivity index (χ0) is 16.6. The lowest BCUT2D eigenvalue weighted by Crippen LogP contribution is -2.49. The fraction of sp³-hybridized carbons (Fsp3) is 0.867. The average molecular weight is 344 g/mol. The summed E-state index contributed by atoms with van der Waals surface area (Å²) >= 11 is 0. The number of esters is 1. The minimum absolute atomic E-state index is 0.156. The second kappa shape index (κ2) is 6.39. The quantitative estimate of drug-likeness (QED) is 0.757. The predicted molar refractivity (Wildman–Crippen MR) is 82.3 cm³/mol. The first-order valence-electron chi connectivity index (χ1n) is 8.30. The molecular weight excluding hydrogens is 320 g/mol. The van der Waals surface area contributed by atoms with Crippen LogP contribution in [0.3, 0.4) is 0 Å². The fourth-order valence-electron chi connectivity index (χ4n) is 4.33. The number of carbonyl (C=O) groups excluding carboxylic acids is 2. The highest BCUT2D eigenvalue weighted by Gasteiger charge is 2.44. The molecule has 0 spiro atoms. The number of hydrogen-bond acceptors (Lipinski definition) is 5. The van der Waals surface area contributed by atoms with E-state index in [0.29, 0.717) is 24.7 Å². The average Bonchev–Trinajstić information content (AvgIpc) is 3.17. The molecule has 0 aromatic carbocycles. The molecule has 3 fully saturated rings. The first-order valence-corrected chi connectivity index (χ1v) is 9.74. The number of nitrogens with zero attached hydrogens (tertiary/aromatic N) is 1. The Hall–Kier alpha value is -1.15. The number of carbonyl (C=O) groups is 2. The van der Waals surface area contributed by atoms with Gasteiger partial charge in [-0.1, -0.05) is 6.42 Å². The Kier molecular flexibility index (Phi) is 4.64. The number of piperidine rings is 1. The van der Waals surface area contributed by atoms with Gasteiger partial charge in [-0.05, 0) is 43.9 Å². The largest absolute Gasteiger partial charge is 0.469 e. The summed E-state index contributed by atoms with van der Waals surface area (Å²) in [6.07, 6.45) is 4.93. The van der Waals surface area contributed by atoms with Crippen LogP contribution in [0.25, 0.3) is 0 Å². The van der Waals surface area contributed by atoms with Crippen LogP contribution in [-0.2, 0) is 24.5 Å². The van der Waals surface area contributed by atoms with Crippen molar-refractivity contribution < 1.29 is 22.7 Å². The lowest BCUT2D eigenvalue weighted by molar-refractivity contribution is -0.146. The zero-order valence-corrected chi connectivity index (χ0v) is 14.2. The minimum Gasteiger partial charge on any atom is -0.469 e. The molecule has 3 rings (SSSR count). The molecule has 1 saturated heterocycles. The van der Waals surface area contributed by atoms with Crippen LogP contribution < -0.4 is 4.72 Å². The van der Waals surface area contributed by atoms with Crippen LogP contribution in [-0.4, -0.2) is 44.8 Å². The van der Waals surface area contributed by atoms with Gasteiger partial charge in [-0.3, -0.25) is 9.59 Å². The van der Waals surface area contributed by atoms with E-state index in [1.165, 1.54) is 17.8 Å². The maximum absolute atomic E-state index is 12.4. The topological polar surface area (TPSA) is 92.8 Å². The van der Waals surface area contributed by atoms with E-state index >= 15 is 0 Å². The van der Waals surface area contributed by atoms with Crippen molar-refractivity contribution in [1.29, 1.82) is 0 Å². The van der Waals surface area contributed by atoms with E-state index in [4.69, 9.17) is 4.74 Å². The fourth-order valence-corrected chi connectivity index (χ4v) is 5.56. The van der Waals surface area contributed by atoms with Gasteiger partial charge in [0.1, 0.15) is 0 Å². The van der Waals surface area contributed by atoms with Crippen LogP contribution in [0.1, 0.15) is 38.5 Å². The summed E-state index contributed by atoms with van der Waals surface area (Å²) in [5, 5.41) is 0. The SMILES string of the molecule is COC(=O)C1CCN(S(=O)(=O)NC(=O)[C@@H]2C[C@H]3CC[C@H]2C3)CC1. The van der Waals surface area contributed by atoms with Crippen LogP contribution in [0.15, 0.2) is 0 Å². The molecule has 0 unspecified atom stereocenters. The van der Waals surface area contributed by atoms with Crippen molar-refractivity contribution in [3.63, 3.8) is 0 Å². The summed E-state index contributed by atoms with van der Waals surface area (Å²) in [7, 11) is -2.48. The van der Waals surface area contributed by atoms with Gasteiger partial charge in [0, 0.05) is 19.0 Å². The molecule has 130 valence electrons. The van der Waals surface area contributed by atoms with Gasteiger partial charge in [-0.2, -0.15) is 12.7 Å². The standard InChI is InChI=1S/C15H24N2O5S/c1-22-15(19)11-4-6-17(7-5-11)23(20,21)16-14(18)13-9-10-2-3-12(13)8-10/h10-13H,2-9H2,1H3,(H,16,18)/t10-,12-,13+/m0/s1. The summed E-state index contributed by atoms with van der Waals surface area (Å²) in [4.78, 5) is 23.8. The van der Waals surface area contributed by atoms with Gasteiger partial charge in [0.15, 0.2) is 0 Å². The third-order valence-electron chi connectivity index (χ3n) is 5.63. The molecule has 23 heavy (non-hydrogen) atoms. The molecule has 7 nitrogen and oxygen atoms in total. The number of hydrogen-bond donors (Lipinski definition) is 1. The van der Waals surface area contributed by atoms with E-state index in [2.05, 4.69) is 4.72 Å². The van der Waals surface area contributed by atoms with Crippen molar-refractivity contribution in [2.24, 2.45) is 23.7 Å². The van der Waals surface area contributed by atoms with Crippen molar-refractivity contribution in [3.8, 4) is 0 Å². The smallest absolute Gasteiger partial charge is 0.308 e. The second-order valence-electron chi connectivity index (χ2n) is 6.95. The molecule has 2 saturated carbocycles. The highest BCUT2D eigenvalue weighted by molar-refractivity contribution is 7.87. The molecule has 0 radical (unpaired) electrons. The maximum Gasteiger partial charge on any atom is 0.308 e. The van der Waals surface area contributed by atoms with E-state index < -0.39 is 10.2 Å². The molecular formula is C15H24N2O5S. The summed E-state index contributed by atoms with van der Waals surface area (Å²) < 4.78 is 33.0. The minimum atomic E-state index is -3.81. The van der Waals surface area contributed by atoms with Crippen molar-refractivity contribution in [2.45, 2.75) is 38.5 Å². The Morgan fingerprint density at radius 3 is 2.30 bits per heavy atom. The Labute approximate surface area is 136 Å². The van der Waals surface area contributed by atoms with Gasteiger partial charge in [0.05, 0.1) is 13.0 Å². The summed E-state index contributed by atoms with van der Waals surface area (Å²) in [6.45, 7) is 0.470. The summed E-state index contributed by atoms with van der Waals surface area (Å²) in [5.74, 6) is -0.126. The molecule has 8 heteroatoms. The summed E-state index contributed by atoms with van der Waals surface area (Å²) in [5.41, 5.74) is 0. The highest BCUT2D eigenvalue weighted by Crippen LogP contribution is 2.48. The molecule has 2 aliphatic carbocycles. The van der Waals surface area contributed by atoms with Gasteiger partial charge < -0.3 is 4.74 Å². The number of amides is 1. The molecule has 2 bridgehead atoms. The number of methoxy groups -OCH3 is 1. The van der Waals surface area contributed by atoms with Crippen molar-refractivity contribution in [1.82, 2.24) is 9.03 Å². The van der Waals surface area contributed by atoms with E-state index in [0.717, 1.165) is 19.3 Å². The second-order valence-corrected chi connectivity index (χ2v) is 8.62. The van der Waals surface area contributed by atoms with Gasteiger partial charge in [0.2, 0.25) is 5.91 Å². The van der Waals surface area contributed by atoms with Gasteiger partial charge >= 0.3 is 16.2 Å². The first kappa shape index (κ1) is 16.7. The zero-order valence-electron chi connectivity index (χ0n) is 13.4. The number of ether oxygens (including phenoxy) is 1. The highest BCUT2D eigenvalue weighted by atomic mass is 32.2. The molecule has 1 N–H and O–H groups in total. The Balaban J connectivity index is 1.55. The van der Waals surface area contributed by atoms with E-state index in [1.54, 1.807) is 0 Å². The lowest BCUT2D eigenvalue weighted by Gasteiger charge is -2.30. The lowest BCUT2D eigenvalue weighted by atomic mass is 9.88. The maximum atomic E-state index is 12.4. The Morgan fingerprint density at radius 1 is 1.09 bits per heavy atom. The van der Waals surface area contributed by atoms with Crippen molar-refractivity contribution in [3.05, 3.63) is 0 Å². The summed E-state index contributed by atoms with van der Waals surface area (Å²) in [6, 6.07) is 0. The number of rotatable bonds is 4. The van der Waals surface area contributed by atoms with Crippen LogP contribution in [0.2, 0.25) is 0 Å².